The average Bonchev–Trinajstić information content (AvgIpc) is 2.41. The lowest BCUT2D eigenvalue weighted by Crippen LogP contribution is -2.30. The van der Waals surface area contributed by atoms with E-state index in [0.717, 1.165) is 11.3 Å². The summed E-state index contributed by atoms with van der Waals surface area (Å²) in [4.78, 5) is 12.2. The normalized spacial score (nSPS) is 12.7. The molecule has 0 aliphatic heterocycles. The molecule has 1 aromatic heterocycles. The third-order valence-electron chi connectivity index (χ3n) is 3.20. The fourth-order valence-corrected chi connectivity index (χ4v) is 2.00. The van der Waals surface area contributed by atoms with Gasteiger partial charge in [-0.1, -0.05) is 44.2 Å². The minimum atomic E-state index is -0.416. The van der Waals surface area contributed by atoms with Gasteiger partial charge in [-0.2, -0.15) is 5.10 Å². The summed E-state index contributed by atoms with van der Waals surface area (Å²) in [6, 6.07) is 11.0. The number of nitrogens with zero attached hydrogens (tertiary/aromatic N) is 2. The fourth-order valence-electron chi connectivity index (χ4n) is 2.00. The lowest BCUT2D eigenvalue weighted by molar-refractivity contribution is 0.633. The van der Waals surface area contributed by atoms with Gasteiger partial charge >= 0.3 is 0 Å². The number of aromatic nitrogens is 2. The van der Waals surface area contributed by atoms with Crippen LogP contribution in [-0.2, 0) is 7.05 Å². The van der Waals surface area contributed by atoms with Crippen molar-refractivity contribution in [3.05, 3.63) is 63.6 Å². The van der Waals surface area contributed by atoms with Crippen LogP contribution >= 0.6 is 0 Å². The summed E-state index contributed by atoms with van der Waals surface area (Å²) in [6.45, 7) is 4.09. The van der Waals surface area contributed by atoms with Crippen molar-refractivity contribution in [2.24, 2.45) is 12.8 Å². The molecular weight excluding hydrogens is 238 g/mol. The standard InChI is InChI=1S/C15H19N3O/c1-10(2)13-9-12(15(19)18(3)17-13)14(16)11-7-5-4-6-8-11/h4-10,14H,16H2,1-3H3. The van der Waals surface area contributed by atoms with Crippen LogP contribution in [0.25, 0.3) is 0 Å². The Bertz CT molecular complexity index is 617. The van der Waals surface area contributed by atoms with Gasteiger partial charge in [0.1, 0.15) is 0 Å². The van der Waals surface area contributed by atoms with Crippen LogP contribution in [0.2, 0.25) is 0 Å². The second kappa shape index (κ2) is 5.36. The van der Waals surface area contributed by atoms with Gasteiger partial charge < -0.3 is 5.73 Å². The third-order valence-corrected chi connectivity index (χ3v) is 3.20. The molecule has 0 aliphatic carbocycles. The third kappa shape index (κ3) is 2.74. The van der Waals surface area contributed by atoms with E-state index >= 15 is 0 Å². The van der Waals surface area contributed by atoms with Crippen LogP contribution in [0.3, 0.4) is 0 Å². The van der Waals surface area contributed by atoms with Gasteiger partial charge in [-0.05, 0) is 17.5 Å². The van der Waals surface area contributed by atoms with E-state index in [-0.39, 0.29) is 11.5 Å². The van der Waals surface area contributed by atoms with Gasteiger partial charge in [0.15, 0.2) is 0 Å². The summed E-state index contributed by atoms with van der Waals surface area (Å²) in [5.74, 6) is 0.258. The summed E-state index contributed by atoms with van der Waals surface area (Å²) in [6.07, 6.45) is 0. The molecule has 1 aromatic carbocycles. The van der Waals surface area contributed by atoms with Crippen molar-refractivity contribution in [1.82, 2.24) is 9.78 Å². The molecule has 0 aliphatic rings. The maximum absolute atomic E-state index is 12.2. The van der Waals surface area contributed by atoms with Gasteiger partial charge in [0.05, 0.1) is 11.7 Å². The maximum atomic E-state index is 12.2. The predicted octanol–water partition coefficient (Wildman–Crippen LogP) is 1.95. The van der Waals surface area contributed by atoms with Gasteiger partial charge in [-0.3, -0.25) is 4.79 Å². The molecule has 0 saturated carbocycles. The van der Waals surface area contributed by atoms with Crippen LogP contribution in [0.5, 0.6) is 0 Å². The van der Waals surface area contributed by atoms with Crippen LogP contribution in [0.1, 0.15) is 42.6 Å². The SMILES string of the molecule is CC(C)c1cc(C(N)c2ccccc2)c(=O)n(C)n1. The highest BCUT2D eigenvalue weighted by Gasteiger charge is 2.16. The molecule has 2 rings (SSSR count). The van der Waals surface area contributed by atoms with Crippen LogP contribution < -0.4 is 11.3 Å². The van der Waals surface area contributed by atoms with E-state index in [0.29, 0.717) is 5.56 Å². The lowest BCUT2D eigenvalue weighted by Gasteiger charge is -2.15. The first-order valence-electron chi connectivity index (χ1n) is 6.39. The minimum absolute atomic E-state index is 0.138. The lowest BCUT2D eigenvalue weighted by atomic mass is 9.99. The largest absolute Gasteiger partial charge is 0.320 e. The maximum Gasteiger partial charge on any atom is 0.271 e. The van der Waals surface area contributed by atoms with Crippen molar-refractivity contribution in [1.29, 1.82) is 0 Å². The molecular formula is C15H19N3O. The molecule has 0 bridgehead atoms. The Morgan fingerprint density at radius 1 is 1.21 bits per heavy atom. The van der Waals surface area contributed by atoms with Crippen LogP contribution in [-0.4, -0.2) is 9.78 Å². The van der Waals surface area contributed by atoms with Gasteiger partial charge in [-0.15, -0.1) is 0 Å². The van der Waals surface area contributed by atoms with Crippen molar-refractivity contribution in [3.63, 3.8) is 0 Å². The average molecular weight is 257 g/mol. The van der Waals surface area contributed by atoms with Gasteiger partial charge in [0, 0.05) is 12.6 Å². The number of nitrogens with two attached hydrogens (primary N) is 1. The van der Waals surface area contributed by atoms with Crippen molar-refractivity contribution in [3.8, 4) is 0 Å². The number of hydrogen-bond donors (Lipinski definition) is 1. The summed E-state index contributed by atoms with van der Waals surface area (Å²) < 4.78 is 1.37. The van der Waals surface area contributed by atoms with E-state index in [2.05, 4.69) is 5.10 Å². The topological polar surface area (TPSA) is 60.9 Å². The molecule has 19 heavy (non-hydrogen) atoms. The summed E-state index contributed by atoms with van der Waals surface area (Å²) in [5.41, 5.74) is 8.48. The van der Waals surface area contributed by atoms with Crippen molar-refractivity contribution in [2.45, 2.75) is 25.8 Å². The number of hydrogen-bond acceptors (Lipinski definition) is 3. The first-order chi connectivity index (χ1) is 9.00. The highest BCUT2D eigenvalue weighted by atomic mass is 16.1. The second-order valence-corrected chi connectivity index (χ2v) is 5.00. The van der Waals surface area contributed by atoms with Gasteiger partial charge in [-0.25, -0.2) is 4.68 Å². The molecule has 100 valence electrons. The highest BCUT2D eigenvalue weighted by Crippen LogP contribution is 2.19. The van der Waals surface area contributed by atoms with E-state index in [1.807, 2.05) is 50.2 Å². The second-order valence-electron chi connectivity index (χ2n) is 5.00. The molecule has 4 nitrogen and oxygen atoms in total. The Hall–Kier alpha value is -1.94. The molecule has 2 aromatic rings. The molecule has 0 radical (unpaired) electrons. The first-order valence-corrected chi connectivity index (χ1v) is 6.39. The zero-order chi connectivity index (χ0) is 14.0. The molecule has 0 fully saturated rings. The smallest absolute Gasteiger partial charge is 0.271 e. The van der Waals surface area contributed by atoms with Gasteiger partial charge in [0.2, 0.25) is 0 Å². The molecule has 0 amide bonds. The first kappa shape index (κ1) is 13.5. The molecule has 0 saturated heterocycles. The Morgan fingerprint density at radius 3 is 2.42 bits per heavy atom. The Kier molecular flexibility index (Phi) is 3.81. The molecule has 4 heteroatoms. The summed E-state index contributed by atoms with van der Waals surface area (Å²) in [7, 11) is 1.66. The summed E-state index contributed by atoms with van der Waals surface area (Å²) in [5, 5.41) is 4.26. The van der Waals surface area contributed by atoms with E-state index in [1.54, 1.807) is 7.05 Å². The molecule has 1 heterocycles. The monoisotopic (exact) mass is 257 g/mol. The van der Waals surface area contributed by atoms with E-state index in [1.165, 1.54) is 4.68 Å². The molecule has 1 atom stereocenters. The van der Waals surface area contributed by atoms with Crippen LogP contribution in [0.4, 0.5) is 0 Å². The van der Waals surface area contributed by atoms with Crippen LogP contribution in [0.15, 0.2) is 41.2 Å². The van der Waals surface area contributed by atoms with E-state index in [4.69, 9.17) is 5.73 Å². The Morgan fingerprint density at radius 2 is 1.84 bits per heavy atom. The zero-order valence-corrected chi connectivity index (χ0v) is 11.5. The molecule has 0 spiro atoms. The number of rotatable bonds is 3. The number of benzene rings is 1. The molecule has 1 unspecified atom stereocenters. The van der Waals surface area contributed by atoms with Crippen molar-refractivity contribution >= 4 is 0 Å². The minimum Gasteiger partial charge on any atom is -0.320 e. The highest BCUT2D eigenvalue weighted by molar-refractivity contribution is 5.30. The quantitative estimate of drug-likeness (QED) is 0.914. The molecule has 2 N–H and O–H groups in total. The zero-order valence-electron chi connectivity index (χ0n) is 11.5. The van der Waals surface area contributed by atoms with Crippen LogP contribution in [0, 0.1) is 0 Å². The predicted molar refractivity (Wildman–Crippen MR) is 76.0 cm³/mol. The summed E-state index contributed by atoms with van der Waals surface area (Å²) >= 11 is 0. The van der Waals surface area contributed by atoms with Crippen molar-refractivity contribution in [2.75, 3.05) is 0 Å². The van der Waals surface area contributed by atoms with E-state index in [9.17, 15) is 4.79 Å². The van der Waals surface area contributed by atoms with E-state index < -0.39 is 6.04 Å². The Balaban J connectivity index is 2.53. The number of aryl methyl sites for hydroxylation is 1. The fraction of sp³-hybridized carbons (Fsp3) is 0.333. The Labute approximate surface area is 112 Å². The van der Waals surface area contributed by atoms with Gasteiger partial charge in [0.25, 0.3) is 5.56 Å². The van der Waals surface area contributed by atoms with Crippen molar-refractivity contribution < 1.29 is 0 Å².